The number of aliphatic hydroxyl groups is 3. The van der Waals surface area contributed by atoms with Gasteiger partial charge in [-0.2, -0.15) is 0 Å². The van der Waals surface area contributed by atoms with Crippen LogP contribution in [0.3, 0.4) is 0 Å². The number of fused-ring (bicyclic) bond motifs is 6. The molecule has 8 aliphatic rings. The van der Waals surface area contributed by atoms with Gasteiger partial charge >= 0.3 is 29.6 Å². The summed E-state index contributed by atoms with van der Waals surface area (Å²) in [5.41, 5.74) is 0.737. The average molecular weight is 1170 g/mol. The third-order valence-electron chi connectivity index (χ3n) is 20.5. The molecule has 0 radical (unpaired) electrons. The van der Waals surface area contributed by atoms with Crippen molar-refractivity contribution in [3.8, 4) is 28.7 Å². The fourth-order valence-electron chi connectivity index (χ4n) is 14.9. The topological polar surface area (TPSA) is 227 Å². The number of carbonyl (C=O) groups excluding carboxylic acids is 3. The van der Waals surface area contributed by atoms with E-state index in [1.165, 1.54) is 0 Å². The first-order valence-electron chi connectivity index (χ1n) is 30.7. The fraction of sp³-hybridized carbons (Fsp3) is 0.738. The number of hydrogen-bond acceptors (Lipinski definition) is 17. The van der Waals surface area contributed by atoms with E-state index in [-0.39, 0.29) is 83.3 Å². The van der Waals surface area contributed by atoms with Gasteiger partial charge in [0.2, 0.25) is 5.79 Å². The van der Waals surface area contributed by atoms with E-state index in [0.717, 1.165) is 29.7 Å². The first kappa shape index (κ1) is 65.6. The molecule has 17 nitrogen and oxygen atoms in total. The number of carbonyl (C=O) groups is 3. The second-order valence-electron chi connectivity index (χ2n) is 26.0. The molecular formula is C65H93NaO17. The zero-order valence-corrected chi connectivity index (χ0v) is 53.9. The molecule has 0 bridgehead atoms. The Morgan fingerprint density at radius 3 is 2.18 bits per heavy atom. The number of carboxylic acids is 1. The van der Waals surface area contributed by atoms with Gasteiger partial charge in [0.1, 0.15) is 48.0 Å². The summed E-state index contributed by atoms with van der Waals surface area (Å²) in [6.45, 7) is 24.1. The molecule has 0 amide bonds. The predicted molar refractivity (Wildman–Crippen MR) is 302 cm³/mol. The van der Waals surface area contributed by atoms with Crippen molar-refractivity contribution in [3.63, 3.8) is 0 Å². The van der Waals surface area contributed by atoms with Crippen molar-refractivity contribution in [3.05, 3.63) is 53.1 Å². The van der Waals surface area contributed by atoms with E-state index in [1.54, 1.807) is 39.4 Å². The van der Waals surface area contributed by atoms with E-state index < -0.39 is 88.9 Å². The van der Waals surface area contributed by atoms with Crippen molar-refractivity contribution < 1.29 is 112 Å². The van der Waals surface area contributed by atoms with Crippen molar-refractivity contribution in [2.45, 2.75) is 237 Å². The molecule has 8 heterocycles. The standard InChI is InChI=1S/C42H70O11.C23H24O6.Na/c1-11-29(38(46)47)31-15-14-23(4)36(50-31)27(8)34(44)26(7)35(45)30(12-2)37-24(5)22-25(6)41(51-37)19-16-32(43)42(53-41)21-20-39(10,52-42)33-17-18-40(48,13-3)28(9)49-33;1-11(2)16-8-14-15(28-16)6-5-12-22(24)21-13-7-18(25-3)19(26-4)9-17(13)27-10-20(21)29-23(12)14;/h16,19,23-34,36-37,43-44,48H,11-15,17-18,20-22H2,1-10H3,(H,46,47);5-7,9,11,16,20-21H,8,10H2,1-4H3;/q;;+1/p-1. The number of ketones is 2. The van der Waals surface area contributed by atoms with Crippen LogP contribution in [-0.2, 0) is 39.7 Å². The number of benzene rings is 2. The Bertz CT molecular complexity index is 2680. The number of Topliss-reactive ketones (excluding diaryl/α,β-unsaturated/α-hetero) is 2. The maximum Gasteiger partial charge on any atom is 1.00 e. The quantitative estimate of drug-likeness (QED) is 0.145. The van der Waals surface area contributed by atoms with Gasteiger partial charge in [-0.25, -0.2) is 0 Å². The van der Waals surface area contributed by atoms with Gasteiger partial charge in [0, 0.05) is 65.6 Å². The summed E-state index contributed by atoms with van der Waals surface area (Å²) in [5.74, 6) is -3.00. The summed E-state index contributed by atoms with van der Waals surface area (Å²) in [7, 11) is 3.16. The molecule has 2 spiro atoms. The van der Waals surface area contributed by atoms with E-state index in [9.17, 15) is 34.8 Å². The van der Waals surface area contributed by atoms with E-state index in [1.807, 2.05) is 59.7 Å². The van der Waals surface area contributed by atoms with E-state index >= 15 is 0 Å². The minimum Gasteiger partial charge on any atom is -0.550 e. The van der Waals surface area contributed by atoms with Crippen LogP contribution in [0.1, 0.15) is 175 Å². The van der Waals surface area contributed by atoms with Crippen LogP contribution in [0.25, 0.3) is 0 Å². The molecule has 83 heavy (non-hydrogen) atoms. The smallest absolute Gasteiger partial charge is 0.550 e. The van der Waals surface area contributed by atoms with Crippen molar-refractivity contribution in [1.82, 2.24) is 0 Å². The van der Waals surface area contributed by atoms with Crippen molar-refractivity contribution >= 4 is 17.5 Å². The summed E-state index contributed by atoms with van der Waals surface area (Å²) in [4.78, 5) is 39.8. The average Bonchev–Trinajstić information content (AvgIpc) is 2.22. The minimum atomic E-state index is -1.37. The molecule has 4 fully saturated rings. The third-order valence-corrected chi connectivity index (χ3v) is 20.5. The van der Waals surface area contributed by atoms with Crippen molar-refractivity contribution in [2.75, 3.05) is 20.8 Å². The number of aliphatic hydroxyl groups excluding tert-OH is 2. The van der Waals surface area contributed by atoms with E-state index in [0.29, 0.717) is 98.9 Å². The Hall–Kier alpha value is -3.33. The van der Waals surface area contributed by atoms with Crippen molar-refractivity contribution in [1.29, 1.82) is 0 Å². The molecule has 456 valence electrons. The summed E-state index contributed by atoms with van der Waals surface area (Å²) in [5, 5.41) is 46.0. The number of aliphatic carboxylic acids is 1. The van der Waals surface area contributed by atoms with Gasteiger partial charge in [-0.3, -0.25) is 9.59 Å². The normalized spacial score (nSPS) is 37.8. The third kappa shape index (κ3) is 12.2. The summed E-state index contributed by atoms with van der Waals surface area (Å²) in [6.07, 6.45) is 5.69. The van der Waals surface area contributed by atoms with Crippen LogP contribution in [0.5, 0.6) is 28.7 Å². The van der Waals surface area contributed by atoms with E-state index in [4.69, 9.17) is 47.4 Å². The molecule has 3 N–H and O–H groups in total. The molecule has 4 saturated heterocycles. The Kier molecular flexibility index (Phi) is 20.4. The van der Waals surface area contributed by atoms with Gasteiger partial charge in [0.15, 0.2) is 23.1 Å². The SMILES string of the molecule is CCC(C(=O)[O-])C1CCC(C)C(C(C)C(O)C(C)C(=O)C(CC)C2OC3(C=CC(O)C4(CCC(C)(C5CCC(O)(CC)C(C)O5)O4)O3)C(C)CC2C)O1.COc1cc2c(cc1OC)C1C(=O)c3ccc4c(c3OC1CO2)CC(C(C)C)O4.[Na+]. The van der Waals surface area contributed by atoms with Crippen LogP contribution in [0.2, 0.25) is 0 Å². The summed E-state index contributed by atoms with van der Waals surface area (Å²) < 4.78 is 62.6. The number of methoxy groups -OCH3 is 2. The molecule has 0 saturated carbocycles. The van der Waals surface area contributed by atoms with E-state index in [2.05, 4.69) is 34.6 Å². The van der Waals surface area contributed by atoms with Gasteiger partial charge in [-0.15, -0.1) is 0 Å². The zero-order valence-electron chi connectivity index (χ0n) is 51.9. The maximum absolute atomic E-state index is 14.4. The molecule has 21 unspecified atom stereocenters. The maximum atomic E-state index is 14.4. The van der Waals surface area contributed by atoms with Gasteiger partial charge in [-0.1, -0.05) is 69.2 Å². The number of carboxylic acid groups (broad SMARTS) is 1. The molecule has 0 aromatic heterocycles. The molecule has 8 aliphatic heterocycles. The van der Waals surface area contributed by atoms with Gasteiger partial charge in [0.25, 0.3) is 0 Å². The number of hydrogen-bond donors (Lipinski definition) is 3. The zero-order chi connectivity index (χ0) is 59.5. The first-order chi connectivity index (χ1) is 38.8. The molecule has 18 heteroatoms. The molecule has 21 atom stereocenters. The number of ether oxygens (including phenoxy) is 10. The predicted octanol–water partition coefficient (Wildman–Crippen LogP) is 5.64. The van der Waals surface area contributed by atoms with Gasteiger partial charge in [-0.05, 0) is 120 Å². The Morgan fingerprint density at radius 2 is 1.54 bits per heavy atom. The number of rotatable bonds is 15. The van der Waals surface area contributed by atoms with Crippen LogP contribution in [-0.4, -0.2) is 131 Å². The molecular weight excluding hydrogens is 1080 g/mol. The van der Waals surface area contributed by atoms with Gasteiger partial charge < -0.3 is 72.6 Å². The minimum absolute atomic E-state index is 0. The summed E-state index contributed by atoms with van der Waals surface area (Å²) in [6, 6.07) is 7.32. The Labute approximate surface area is 513 Å². The van der Waals surface area contributed by atoms with Crippen LogP contribution in [0.4, 0.5) is 0 Å². The van der Waals surface area contributed by atoms with Crippen LogP contribution >= 0.6 is 0 Å². The summed E-state index contributed by atoms with van der Waals surface area (Å²) >= 11 is 0. The van der Waals surface area contributed by atoms with Crippen LogP contribution < -0.4 is 58.3 Å². The van der Waals surface area contributed by atoms with Gasteiger partial charge in [0.05, 0.1) is 73.5 Å². The molecule has 0 aliphatic carbocycles. The molecule has 2 aromatic rings. The second kappa shape index (κ2) is 25.8. The van der Waals surface area contributed by atoms with Crippen LogP contribution in [0.15, 0.2) is 36.4 Å². The first-order valence-corrected chi connectivity index (χ1v) is 30.7. The fourth-order valence-corrected chi connectivity index (χ4v) is 14.9. The molecule has 2 aromatic carbocycles. The Balaban J connectivity index is 0.000000251. The molecule has 10 rings (SSSR count). The van der Waals surface area contributed by atoms with Crippen LogP contribution in [0, 0.1) is 47.3 Å². The largest absolute Gasteiger partial charge is 1.00 e. The second-order valence-corrected chi connectivity index (χ2v) is 26.0. The van der Waals surface area contributed by atoms with Crippen molar-refractivity contribution in [2.24, 2.45) is 47.3 Å². The monoisotopic (exact) mass is 1170 g/mol. The Morgan fingerprint density at radius 1 is 0.843 bits per heavy atom.